The van der Waals surface area contributed by atoms with E-state index in [-0.39, 0.29) is 5.91 Å². The van der Waals surface area contributed by atoms with Gasteiger partial charge in [-0.05, 0) is 15.9 Å². The maximum absolute atomic E-state index is 12.4. The predicted octanol–water partition coefficient (Wildman–Crippen LogP) is 4.63. The Kier molecular flexibility index (Phi) is 4.65. The molecule has 0 aliphatic rings. The van der Waals surface area contributed by atoms with Gasteiger partial charge in [0.2, 0.25) is 0 Å². The molecule has 1 N–H and O–H groups in total. The number of amides is 1. The summed E-state index contributed by atoms with van der Waals surface area (Å²) in [5, 5.41) is 6.02. The molecule has 0 bridgehead atoms. The molecular formula is C19H16BrN3O2S. The Hall–Kier alpha value is -2.38. The summed E-state index contributed by atoms with van der Waals surface area (Å²) in [7, 11) is 1.85. The lowest BCUT2D eigenvalue weighted by atomic mass is 10.2. The fourth-order valence-electron chi connectivity index (χ4n) is 2.84. The molecule has 0 spiro atoms. The van der Waals surface area contributed by atoms with E-state index in [1.165, 1.54) is 0 Å². The third-order valence-corrected chi connectivity index (χ3v) is 5.48. The van der Waals surface area contributed by atoms with Crippen LogP contribution in [-0.4, -0.2) is 22.0 Å². The van der Waals surface area contributed by atoms with E-state index in [0.717, 1.165) is 21.8 Å². The molecular weight excluding hydrogens is 414 g/mol. The van der Waals surface area contributed by atoms with Gasteiger partial charge in [0.05, 0.1) is 16.2 Å². The molecule has 0 saturated heterocycles. The van der Waals surface area contributed by atoms with Gasteiger partial charge in [-0.25, -0.2) is 4.98 Å². The third kappa shape index (κ3) is 3.32. The summed E-state index contributed by atoms with van der Waals surface area (Å²) in [6, 6.07) is 13.7. The number of hydrogen-bond donors (Lipinski definition) is 1. The van der Waals surface area contributed by atoms with Crippen molar-refractivity contribution in [3.8, 4) is 11.3 Å². The highest BCUT2D eigenvalue weighted by Gasteiger charge is 2.16. The molecule has 5 nitrogen and oxygen atoms in total. The standard InChI is InChI=1S/C19H16BrN3O2S/c1-23-14-10-17(20)25-16(14)9-15(23)19(24)21-8-7-18-22-13(11-26-18)12-5-3-2-4-6-12/h2-6,9-11H,7-8H2,1H3,(H,21,24). The number of hydrogen-bond acceptors (Lipinski definition) is 4. The van der Waals surface area contributed by atoms with Crippen molar-refractivity contribution in [2.45, 2.75) is 6.42 Å². The number of aryl methyl sites for hydroxylation is 1. The number of nitrogens with zero attached hydrogens (tertiary/aromatic N) is 2. The molecule has 4 rings (SSSR count). The zero-order valence-electron chi connectivity index (χ0n) is 14.0. The normalized spacial score (nSPS) is 11.2. The highest BCUT2D eigenvalue weighted by molar-refractivity contribution is 9.10. The number of halogens is 1. The molecule has 7 heteroatoms. The monoisotopic (exact) mass is 429 g/mol. The lowest BCUT2D eigenvalue weighted by molar-refractivity contribution is 0.0946. The number of furan rings is 1. The average Bonchev–Trinajstić information content (AvgIpc) is 3.32. The van der Waals surface area contributed by atoms with Gasteiger partial charge in [-0.1, -0.05) is 30.3 Å². The Balaban J connectivity index is 1.38. The number of carbonyl (C=O) groups is 1. The summed E-state index contributed by atoms with van der Waals surface area (Å²) in [4.78, 5) is 17.1. The minimum Gasteiger partial charge on any atom is -0.448 e. The van der Waals surface area contributed by atoms with Crippen LogP contribution in [0.5, 0.6) is 0 Å². The van der Waals surface area contributed by atoms with E-state index in [9.17, 15) is 4.79 Å². The van der Waals surface area contributed by atoms with Gasteiger partial charge in [0, 0.05) is 43.1 Å². The SMILES string of the molecule is Cn1c(C(=O)NCCc2nc(-c3ccccc3)cs2)cc2oc(Br)cc21. The van der Waals surface area contributed by atoms with Crippen molar-refractivity contribution in [3.63, 3.8) is 0 Å². The Bertz CT molecular complexity index is 1070. The molecule has 0 unspecified atom stereocenters. The van der Waals surface area contributed by atoms with Crippen LogP contribution in [0.4, 0.5) is 0 Å². The van der Waals surface area contributed by atoms with Gasteiger partial charge >= 0.3 is 0 Å². The van der Waals surface area contributed by atoms with Gasteiger partial charge in [-0.2, -0.15) is 0 Å². The van der Waals surface area contributed by atoms with E-state index >= 15 is 0 Å². The van der Waals surface area contributed by atoms with Crippen LogP contribution in [0, 0.1) is 0 Å². The van der Waals surface area contributed by atoms with Crippen LogP contribution in [-0.2, 0) is 13.5 Å². The van der Waals surface area contributed by atoms with Crippen molar-refractivity contribution in [1.82, 2.24) is 14.9 Å². The molecule has 0 radical (unpaired) electrons. The first-order valence-corrected chi connectivity index (χ1v) is 9.82. The second-order valence-corrected chi connectivity index (χ2v) is 7.61. The minimum atomic E-state index is -0.116. The van der Waals surface area contributed by atoms with E-state index in [1.54, 1.807) is 17.4 Å². The van der Waals surface area contributed by atoms with Crippen LogP contribution in [0.1, 0.15) is 15.5 Å². The van der Waals surface area contributed by atoms with Gasteiger partial charge < -0.3 is 14.3 Å². The van der Waals surface area contributed by atoms with Crippen LogP contribution in [0.25, 0.3) is 22.4 Å². The van der Waals surface area contributed by atoms with Crippen molar-refractivity contribution in [1.29, 1.82) is 0 Å². The Morgan fingerprint density at radius 2 is 2.12 bits per heavy atom. The minimum absolute atomic E-state index is 0.116. The highest BCUT2D eigenvalue weighted by atomic mass is 79.9. The molecule has 0 fully saturated rings. The summed E-state index contributed by atoms with van der Waals surface area (Å²) in [6.45, 7) is 0.539. The van der Waals surface area contributed by atoms with E-state index in [0.29, 0.717) is 28.9 Å². The van der Waals surface area contributed by atoms with E-state index < -0.39 is 0 Å². The van der Waals surface area contributed by atoms with Crippen LogP contribution in [0.15, 0.2) is 56.9 Å². The third-order valence-electron chi connectivity index (χ3n) is 4.18. The van der Waals surface area contributed by atoms with Crippen LogP contribution in [0.2, 0.25) is 0 Å². The number of aromatic nitrogens is 2. The summed E-state index contributed by atoms with van der Waals surface area (Å²) in [5.41, 5.74) is 4.24. The quantitative estimate of drug-likeness (QED) is 0.502. The summed E-state index contributed by atoms with van der Waals surface area (Å²) in [5.74, 6) is -0.116. The van der Waals surface area contributed by atoms with Crippen LogP contribution >= 0.6 is 27.3 Å². The molecule has 4 aromatic rings. The number of benzene rings is 1. The number of rotatable bonds is 5. The summed E-state index contributed by atoms with van der Waals surface area (Å²) >= 11 is 4.91. The first kappa shape index (κ1) is 17.1. The van der Waals surface area contributed by atoms with Crippen molar-refractivity contribution in [3.05, 3.63) is 63.2 Å². The lowest BCUT2D eigenvalue weighted by Gasteiger charge is -2.05. The van der Waals surface area contributed by atoms with Crippen molar-refractivity contribution < 1.29 is 9.21 Å². The zero-order valence-corrected chi connectivity index (χ0v) is 16.4. The van der Waals surface area contributed by atoms with Crippen LogP contribution in [0.3, 0.4) is 0 Å². The maximum atomic E-state index is 12.4. The number of carbonyl (C=O) groups excluding carboxylic acids is 1. The maximum Gasteiger partial charge on any atom is 0.268 e. The fraction of sp³-hybridized carbons (Fsp3) is 0.158. The second kappa shape index (κ2) is 7.09. The molecule has 0 atom stereocenters. The largest absolute Gasteiger partial charge is 0.448 e. The molecule has 26 heavy (non-hydrogen) atoms. The Morgan fingerprint density at radius 3 is 2.88 bits per heavy atom. The topological polar surface area (TPSA) is 60.1 Å². The van der Waals surface area contributed by atoms with Gasteiger partial charge in [0.1, 0.15) is 5.69 Å². The smallest absolute Gasteiger partial charge is 0.268 e. The predicted molar refractivity (Wildman–Crippen MR) is 106 cm³/mol. The molecule has 132 valence electrons. The second-order valence-electron chi connectivity index (χ2n) is 5.89. The van der Waals surface area contributed by atoms with Gasteiger partial charge in [0.25, 0.3) is 5.91 Å². The van der Waals surface area contributed by atoms with Crippen LogP contribution < -0.4 is 5.32 Å². The van der Waals surface area contributed by atoms with E-state index in [1.807, 2.05) is 48.0 Å². The molecule has 3 heterocycles. The first-order valence-electron chi connectivity index (χ1n) is 8.14. The first-order chi connectivity index (χ1) is 12.6. The number of thiazole rings is 1. The summed E-state index contributed by atoms with van der Waals surface area (Å²) in [6.07, 6.45) is 0.704. The van der Waals surface area contributed by atoms with Crippen molar-refractivity contribution in [2.24, 2.45) is 7.05 Å². The Labute approximate surface area is 162 Å². The van der Waals surface area contributed by atoms with Crippen molar-refractivity contribution in [2.75, 3.05) is 6.54 Å². The lowest BCUT2D eigenvalue weighted by Crippen LogP contribution is -2.27. The molecule has 3 aromatic heterocycles. The number of nitrogens with one attached hydrogen (secondary N) is 1. The number of fused-ring (bicyclic) bond motifs is 1. The fourth-order valence-corrected chi connectivity index (χ4v) is 4.04. The molecule has 1 amide bonds. The average molecular weight is 430 g/mol. The van der Waals surface area contributed by atoms with Gasteiger partial charge in [0.15, 0.2) is 10.3 Å². The highest BCUT2D eigenvalue weighted by Crippen LogP contribution is 2.26. The van der Waals surface area contributed by atoms with E-state index in [4.69, 9.17) is 4.42 Å². The molecule has 0 saturated carbocycles. The Morgan fingerprint density at radius 1 is 1.31 bits per heavy atom. The summed E-state index contributed by atoms with van der Waals surface area (Å²) < 4.78 is 7.99. The van der Waals surface area contributed by atoms with Crippen molar-refractivity contribution >= 4 is 44.3 Å². The van der Waals surface area contributed by atoms with E-state index in [2.05, 4.69) is 31.6 Å². The molecule has 1 aromatic carbocycles. The molecule has 0 aliphatic heterocycles. The van der Waals surface area contributed by atoms with Gasteiger partial charge in [-0.15, -0.1) is 11.3 Å². The zero-order chi connectivity index (χ0) is 18.1. The van der Waals surface area contributed by atoms with Gasteiger partial charge in [-0.3, -0.25) is 4.79 Å². The molecule has 0 aliphatic carbocycles.